The van der Waals surface area contributed by atoms with Gasteiger partial charge in [-0.05, 0) is 60.0 Å². The van der Waals surface area contributed by atoms with Crippen molar-refractivity contribution in [1.82, 2.24) is 4.90 Å². The van der Waals surface area contributed by atoms with Crippen molar-refractivity contribution in [2.75, 3.05) is 20.8 Å². The highest BCUT2D eigenvalue weighted by atomic mass is 32.2. The van der Waals surface area contributed by atoms with Crippen molar-refractivity contribution in [3.63, 3.8) is 0 Å². The second-order valence-electron chi connectivity index (χ2n) is 7.04. The van der Waals surface area contributed by atoms with E-state index in [0.717, 1.165) is 22.1 Å². The molecule has 4 rings (SSSR count). The average Bonchev–Trinajstić information content (AvgIpc) is 3.08. The molecule has 1 fully saturated rings. The quantitative estimate of drug-likeness (QED) is 0.395. The fourth-order valence-corrected chi connectivity index (χ4v) is 4.40. The van der Waals surface area contributed by atoms with Gasteiger partial charge in [-0.1, -0.05) is 36.4 Å². The van der Waals surface area contributed by atoms with Crippen LogP contribution < -0.4 is 4.74 Å². The maximum atomic E-state index is 12.9. The molecular weight excluding hydrogens is 424 g/mol. The molecule has 7 heteroatoms. The number of carbonyl (C=O) groups excluding carboxylic acids is 2. The standard InChI is InChI=1S/C25H22N2O4S/c1-4-31-21-13-12-16(19-10-5-6-11-20(19)21)15-22-23(28)27(2)25(32-22)26-18-9-7-8-17(14-18)24(29)30-3/h5-15H,4H2,1-3H3. The summed E-state index contributed by atoms with van der Waals surface area (Å²) in [6.45, 7) is 2.54. The van der Waals surface area contributed by atoms with Crippen LogP contribution in [0.15, 0.2) is 70.6 Å². The number of hydrogen-bond acceptors (Lipinski definition) is 6. The lowest BCUT2D eigenvalue weighted by Crippen LogP contribution is -2.23. The van der Waals surface area contributed by atoms with Crippen LogP contribution in [0.25, 0.3) is 16.8 Å². The lowest BCUT2D eigenvalue weighted by Gasteiger charge is -2.10. The van der Waals surface area contributed by atoms with Crippen molar-refractivity contribution >= 4 is 51.3 Å². The number of carbonyl (C=O) groups is 2. The zero-order chi connectivity index (χ0) is 22.7. The molecule has 0 aromatic heterocycles. The van der Waals surface area contributed by atoms with Crippen LogP contribution in [0.4, 0.5) is 5.69 Å². The summed E-state index contributed by atoms with van der Waals surface area (Å²) < 4.78 is 10.5. The van der Waals surface area contributed by atoms with E-state index < -0.39 is 5.97 Å². The predicted molar refractivity (Wildman–Crippen MR) is 128 cm³/mol. The zero-order valence-corrected chi connectivity index (χ0v) is 18.8. The van der Waals surface area contributed by atoms with Crippen LogP contribution >= 0.6 is 11.8 Å². The Morgan fingerprint density at radius 3 is 2.62 bits per heavy atom. The number of ether oxygens (including phenoxy) is 2. The number of fused-ring (bicyclic) bond motifs is 1. The van der Waals surface area contributed by atoms with E-state index in [2.05, 4.69) is 4.99 Å². The molecule has 0 spiro atoms. The molecule has 3 aromatic rings. The molecule has 1 amide bonds. The topological polar surface area (TPSA) is 68.2 Å². The van der Waals surface area contributed by atoms with Gasteiger partial charge in [0.25, 0.3) is 5.91 Å². The minimum Gasteiger partial charge on any atom is -0.493 e. The van der Waals surface area contributed by atoms with Gasteiger partial charge in [0, 0.05) is 12.4 Å². The average molecular weight is 447 g/mol. The maximum Gasteiger partial charge on any atom is 0.337 e. The van der Waals surface area contributed by atoms with Crippen LogP contribution in [0, 0.1) is 0 Å². The third kappa shape index (κ3) is 4.24. The molecule has 1 heterocycles. The molecule has 0 atom stereocenters. The Morgan fingerprint density at radius 2 is 1.88 bits per heavy atom. The van der Waals surface area contributed by atoms with Gasteiger partial charge in [-0.25, -0.2) is 9.79 Å². The summed E-state index contributed by atoms with van der Waals surface area (Å²) in [6.07, 6.45) is 1.88. The van der Waals surface area contributed by atoms with E-state index in [0.29, 0.717) is 27.9 Å². The summed E-state index contributed by atoms with van der Waals surface area (Å²) in [7, 11) is 3.03. The van der Waals surface area contributed by atoms with E-state index in [9.17, 15) is 9.59 Å². The molecule has 1 saturated heterocycles. The summed E-state index contributed by atoms with van der Waals surface area (Å²) in [5.74, 6) is 0.259. The van der Waals surface area contributed by atoms with Crippen LogP contribution in [0.2, 0.25) is 0 Å². The molecule has 0 unspecified atom stereocenters. The first kappa shape index (κ1) is 21.6. The second-order valence-corrected chi connectivity index (χ2v) is 8.05. The first-order valence-electron chi connectivity index (χ1n) is 10.1. The number of aliphatic imine (C=N–C) groups is 1. The number of amides is 1. The van der Waals surface area contributed by atoms with E-state index in [1.54, 1.807) is 31.3 Å². The van der Waals surface area contributed by atoms with Gasteiger partial charge in [0.2, 0.25) is 0 Å². The predicted octanol–water partition coefficient (Wildman–Crippen LogP) is 5.26. The Morgan fingerprint density at radius 1 is 1.09 bits per heavy atom. The van der Waals surface area contributed by atoms with Gasteiger partial charge in [-0.3, -0.25) is 9.69 Å². The van der Waals surface area contributed by atoms with Gasteiger partial charge in [0.1, 0.15) is 5.75 Å². The van der Waals surface area contributed by atoms with E-state index in [1.807, 2.05) is 49.4 Å². The minimum atomic E-state index is -0.432. The SMILES string of the molecule is CCOc1ccc(C=C2SC(=Nc3cccc(C(=O)OC)c3)N(C)C2=O)c2ccccc12. The molecule has 162 valence electrons. The molecule has 3 aromatic carbocycles. The normalized spacial score (nSPS) is 16.2. The maximum absolute atomic E-state index is 12.9. The molecule has 0 saturated carbocycles. The van der Waals surface area contributed by atoms with E-state index in [1.165, 1.54) is 23.8 Å². The lowest BCUT2D eigenvalue weighted by atomic mass is 10.0. The molecule has 0 N–H and O–H groups in total. The number of amidine groups is 1. The Balaban J connectivity index is 1.69. The Labute approximate surface area is 190 Å². The highest BCUT2D eigenvalue weighted by molar-refractivity contribution is 8.18. The number of methoxy groups -OCH3 is 1. The van der Waals surface area contributed by atoms with Gasteiger partial charge in [0.15, 0.2) is 5.17 Å². The number of rotatable bonds is 5. The summed E-state index contributed by atoms with van der Waals surface area (Å²) in [5, 5.41) is 2.55. The van der Waals surface area contributed by atoms with E-state index >= 15 is 0 Å². The van der Waals surface area contributed by atoms with Crippen molar-refractivity contribution in [3.8, 4) is 5.75 Å². The molecule has 1 aliphatic rings. The molecule has 0 aliphatic carbocycles. The Hall–Kier alpha value is -3.58. The number of hydrogen-bond donors (Lipinski definition) is 0. The summed E-state index contributed by atoms with van der Waals surface area (Å²) in [5.41, 5.74) is 1.91. The van der Waals surface area contributed by atoms with Crippen molar-refractivity contribution in [3.05, 3.63) is 76.7 Å². The second kappa shape index (κ2) is 9.28. The Bertz CT molecular complexity index is 1270. The first-order chi connectivity index (χ1) is 15.5. The van der Waals surface area contributed by atoms with Gasteiger partial charge in [-0.2, -0.15) is 0 Å². The largest absolute Gasteiger partial charge is 0.493 e. The van der Waals surface area contributed by atoms with Crippen molar-refractivity contribution in [1.29, 1.82) is 0 Å². The van der Waals surface area contributed by atoms with E-state index in [-0.39, 0.29) is 5.91 Å². The minimum absolute atomic E-state index is 0.129. The third-order valence-electron chi connectivity index (χ3n) is 5.00. The fourth-order valence-electron chi connectivity index (χ4n) is 3.43. The molecule has 1 aliphatic heterocycles. The number of nitrogens with zero attached hydrogens (tertiary/aromatic N) is 2. The Kier molecular flexibility index (Phi) is 6.28. The smallest absolute Gasteiger partial charge is 0.337 e. The first-order valence-corrected chi connectivity index (χ1v) is 10.9. The molecule has 6 nitrogen and oxygen atoms in total. The van der Waals surface area contributed by atoms with Crippen molar-refractivity contribution in [2.24, 2.45) is 4.99 Å². The van der Waals surface area contributed by atoms with Gasteiger partial charge in [-0.15, -0.1) is 0 Å². The lowest BCUT2D eigenvalue weighted by molar-refractivity contribution is -0.121. The van der Waals surface area contributed by atoms with E-state index in [4.69, 9.17) is 9.47 Å². The monoisotopic (exact) mass is 446 g/mol. The number of benzene rings is 3. The van der Waals surface area contributed by atoms with Crippen LogP contribution in [0.1, 0.15) is 22.8 Å². The number of thioether (sulfide) groups is 1. The third-order valence-corrected chi connectivity index (χ3v) is 6.06. The van der Waals surface area contributed by atoms with Gasteiger partial charge < -0.3 is 9.47 Å². The fraction of sp³-hybridized carbons (Fsp3) is 0.160. The highest BCUT2D eigenvalue weighted by Gasteiger charge is 2.30. The zero-order valence-electron chi connectivity index (χ0n) is 18.0. The van der Waals surface area contributed by atoms with Gasteiger partial charge in [0.05, 0.1) is 29.9 Å². The highest BCUT2D eigenvalue weighted by Crippen LogP contribution is 2.36. The van der Waals surface area contributed by atoms with Gasteiger partial charge >= 0.3 is 5.97 Å². The van der Waals surface area contributed by atoms with Crippen LogP contribution in [0.5, 0.6) is 5.75 Å². The number of likely N-dealkylation sites (N-methyl/N-ethyl adjacent to an activating group) is 1. The van der Waals surface area contributed by atoms with Crippen molar-refractivity contribution in [2.45, 2.75) is 6.92 Å². The molecule has 0 bridgehead atoms. The van der Waals surface area contributed by atoms with Crippen LogP contribution in [-0.2, 0) is 9.53 Å². The van der Waals surface area contributed by atoms with Crippen LogP contribution in [0.3, 0.4) is 0 Å². The number of esters is 1. The summed E-state index contributed by atoms with van der Waals surface area (Å²) >= 11 is 1.30. The summed E-state index contributed by atoms with van der Waals surface area (Å²) in [6, 6.07) is 18.7. The van der Waals surface area contributed by atoms with Crippen molar-refractivity contribution < 1.29 is 19.1 Å². The molecule has 32 heavy (non-hydrogen) atoms. The molecule has 0 radical (unpaired) electrons. The molecular formula is C25H22N2O4S. The summed E-state index contributed by atoms with van der Waals surface area (Å²) in [4.78, 5) is 31.3. The van der Waals surface area contributed by atoms with Crippen LogP contribution in [-0.4, -0.2) is 42.7 Å².